The van der Waals surface area contributed by atoms with Gasteiger partial charge in [-0.25, -0.2) is 29.9 Å². The molecule has 0 radical (unpaired) electrons. The lowest BCUT2D eigenvalue weighted by molar-refractivity contribution is 0.00578. The molecule has 0 aromatic carbocycles. The van der Waals surface area contributed by atoms with Crippen molar-refractivity contribution in [1.29, 1.82) is 0 Å². The number of halogens is 1. The minimum atomic E-state index is -0.479. The molecule has 5 heterocycles. The van der Waals surface area contributed by atoms with E-state index in [2.05, 4.69) is 56.5 Å². The molecule has 12 nitrogen and oxygen atoms in total. The summed E-state index contributed by atoms with van der Waals surface area (Å²) in [5.41, 5.74) is 0.768. The summed E-state index contributed by atoms with van der Waals surface area (Å²) >= 11 is 3.27. The lowest BCUT2D eigenvalue weighted by atomic mass is 9.80. The Labute approximate surface area is 252 Å². The van der Waals surface area contributed by atoms with Crippen LogP contribution in [-0.2, 0) is 9.31 Å². The smallest absolute Gasteiger partial charge is 0.399 e. The number of pyridine rings is 2. The predicted molar refractivity (Wildman–Crippen MR) is 161 cm³/mol. The van der Waals surface area contributed by atoms with Gasteiger partial charge in [-0.1, -0.05) is 6.07 Å². The van der Waals surface area contributed by atoms with Crippen LogP contribution in [-0.4, -0.2) is 60.0 Å². The van der Waals surface area contributed by atoms with Gasteiger partial charge in [0.05, 0.1) is 22.3 Å². The molecule has 0 saturated carbocycles. The Kier molecular flexibility index (Phi) is 9.39. The molecule has 216 valence electrons. The fourth-order valence-corrected chi connectivity index (χ4v) is 3.68. The molecule has 1 saturated heterocycles. The van der Waals surface area contributed by atoms with Crippen LogP contribution in [0.5, 0.6) is 0 Å². The van der Waals surface area contributed by atoms with Gasteiger partial charge in [-0.2, -0.15) is 0 Å². The highest BCUT2D eigenvalue weighted by molar-refractivity contribution is 9.10. The van der Waals surface area contributed by atoms with E-state index in [4.69, 9.17) is 9.31 Å². The number of carbonyl (C=O) groups excluding carboxylic acids is 2. The SMILES string of the molecule is Cc1ncc(C(=O)Nc2ccc(B3OC(C)(C)C(C)(C)O3)cn2)cn1.Cc1ncc(C(=O)Nc2ccc(Br)cn2)cn1. The van der Waals surface area contributed by atoms with Crippen molar-refractivity contribution < 1.29 is 18.9 Å². The molecule has 1 fully saturated rings. The molecule has 1 aliphatic rings. The molecule has 2 amide bonds. The molecule has 0 unspecified atom stereocenters. The molecule has 0 atom stereocenters. The molecule has 14 heteroatoms. The van der Waals surface area contributed by atoms with Gasteiger partial charge in [0.25, 0.3) is 11.8 Å². The van der Waals surface area contributed by atoms with E-state index < -0.39 is 18.3 Å². The van der Waals surface area contributed by atoms with Crippen LogP contribution in [0.15, 0.2) is 65.9 Å². The highest BCUT2D eigenvalue weighted by Crippen LogP contribution is 2.36. The first-order valence-electron chi connectivity index (χ1n) is 13.0. The maximum atomic E-state index is 12.2. The minimum Gasteiger partial charge on any atom is -0.399 e. The first-order valence-corrected chi connectivity index (χ1v) is 13.8. The number of hydrogen-bond acceptors (Lipinski definition) is 10. The van der Waals surface area contributed by atoms with Gasteiger partial charge < -0.3 is 19.9 Å². The predicted octanol–water partition coefficient (Wildman–Crippen LogP) is 3.93. The van der Waals surface area contributed by atoms with Crippen LogP contribution >= 0.6 is 15.9 Å². The summed E-state index contributed by atoms with van der Waals surface area (Å²) in [4.78, 5) is 48.2. The molecule has 1 aliphatic heterocycles. The van der Waals surface area contributed by atoms with Crippen molar-refractivity contribution in [2.24, 2.45) is 0 Å². The number of amides is 2. The standard InChI is InChI=1S/C17H21BN4O3.C11H9BrN4O/c1-11-19-8-12(9-20-11)15(23)22-14-7-6-13(10-21-14)18-24-16(2,3)17(4,5)25-18;1-7-13-4-8(5-14-7)11(17)16-10-3-2-9(12)6-15-10/h6-10H,1-5H3,(H,21,22,23);2-6H,1H3,(H,15,16,17). The quantitative estimate of drug-likeness (QED) is 0.309. The summed E-state index contributed by atoms with van der Waals surface area (Å²) in [5, 5.41) is 5.37. The lowest BCUT2D eigenvalue weighted by Gasteiger charge is -2.32. The Morgan fingerprint density at radius 2 is 1.10 bits per heavy atom. The largest absolute Gasteiger partial charge is 0.496 e. The number of rotatable bonds is 5. The molecule has 42 heavy (non-hydrogen) atoms. The highest BCUT2D eigenvalue weighted by atomic mass is 79.9. The van der Waals surface area contributed by atoms with Gasteiger partial charge in [-0.05, 0) is 75.7 Å². The summed E-state index contributed by atoms with van der Waals surface area (Å²) in [6.07, 6.45) is 9.19. The summed E-state index contributed by atoms with van der Waals surface area (Å²) in [6, 6.07) is 7.05. The second-order valence-corrected chi connectivity index (χ2v) is 11.3. The third-order valence-corrected chi connectivity index (χ3v) is 7.08. The number of nitrogens with one attached hydrogen (secondary N) is 2. The van der Waals surface area contributed by atoms with E-state index in [1.165, 1.54) is 24.8 Å². The number of aromatic nitrogens is 6. The number of nitrogens with zero attached hydrogens (tertiary/aromatic N) is 6. The number of hydrogen-bond donors (Lipinski definition) is 2. The van der Waals surface area contributed by atoms with Crippen molar-refractivity contribution in [2.75, 3.05) is 10.6 Å². The first-order chi connectivity index (χ1) is 19.8. The van der Waals surface area contributed by atoms with E-state index >= 15 is 0 Å². The zero-order valence-electron chi connectivity index (χ0n) is 24.0. The van der Waals surface area contributed by atoms with E-state index in [0.29, 0.717) is 34.4 Å². The Morgan fingerprint density at radius 3 is 1.48 bits per heavy atom. The fourth-order valence-electron chi connectivity index (χ4n) is 3.44. The van der Waals surface area contributed by atoms with Crippen molar-refractivity contribution >= 4 is 52.0 Å². The van der Waals surface area contributed by atoms with Crippen LogP contribution in [0.25, 0.3) is 0 Å². The van der Waals surface area contributed by atoms with Crippen LogP contribution in [0, 0.1) is 13.8 Å². The number of aryl methyl sites for hydroxylation is 2. The molecule has 4 aromatic rings. The van der Waals surface area contributed by atoms with Crippen LogP contribution in [0.3, 0.4) is 0 Å². The Balaban J connectivity index is 0.000000208. The van der Waals surface area contributed by atoms with E-state index in [1.807, 2.05) is 33.8 Å². The zero-order chi connectivity index (χ0) is 30.5. The fraction of sp³-hybridized carbons (Fsp3) is 0.286. The third kappa shape index (κ3) is 7.78. The van der Waals surface area contributed by atoms with Crippen molar-refractivity contribution in [3.8, 4) is 0 Å². The van der Waals surface area contributed by atoms with E-state index in [1.54, 1.807) is 44.4 Å². The Hall–Kier alpha value is -4.14. The third-order valence-electron chi connectivity index (χ3n) is 6.61. The summed E-state index contributed by atoms with van der Waals surface area (Å²) in [7, 11) is -0.479. The maximum Gasteiger partial charge on any atom is 0.496 e. The molecule has 0 bridgehead atoms. The van der Waals surface area contributed by atoms with Gasteiger partial charge in [0, 0.05) is 47.1 Å². The molecular formula is C28H30BBrN8O4. The van der Waals surface area contributed by atoms with Gasteiger partial charge in [-0.3, -0.25) is 9.59 Å². The maximum absolute atomic E-state index is 12.2. The number of anilines is 2. The molecule has 5 rings (SSSR count). The first kappa shape index (κ1) is 30.8. The Morgan fingerprint density at radius 1 is 0.667 bits per heavy atom. The monoisotopic (exact) mass is 632 g/mol. The van der Waals surface area contributed by atoms with Gasteiger partial charge in [0.15, 0.2) is 0 Å². The van der Waals surface area contributed by atoms with Crippen molar-refractivity contribution in [3.05, 3.63) is 88.7 Å². The second-order valence-electron chi connectivity index (χ2n) is 10.4. The average molecular weight is 633 g/mol. The summed E-state index contributed by atoms with van der Waals surface area (Å²) in [6.45, 7) is 11.5. The van der Waals surface area contributed by atoms with Gasteiger partial charge in [-0.15, -0.1) is 0 Å². The van der Waals surface area contributed by atoms with E-state index in [9.17, 15) is 9.59 Å². The van der Waals surface area contributed by atoms with Gasteiger partial charge in [0.2, 0.25) is 0 Å². The summed E-state index contributed by atoms with van der Waals surface area (Å²) < 4.78 is 12.8. The molecule has 4 aromatic heterocycles. The van der Waals surface area contributed by atoms with Crippen LogP contribution < -0.4 is 16.1 Å². The summed E-state index contributed by atoms with van der Waals surface area (Å²) in [5.74, 6) is 1.57. The lowest BCUT2D eigenvalue weighted by Crippen LogP contribution is -2.41. The van der Waals surface area contributed by atoms with Crippen LogP contribution in [0.4, 0.5) is 11.6 Å². The van der Waals surface area contributed by atoms with E-state index in [-0.39, 0.29) is 11.8 Å². The van der Waals surface area contributed by atoms with Crippen LogP contribution in [0.1, 0.15) is 60.1 Å². The highest BCUT2D eigenvalue weighted by Gasteiger charge is 2.51. The molecule has 2 N–H and O–H groups in total. The molecule has 0 spiro atoms. The van der Waals surface area contributed by atoms with E-state index in [0.717, 1.165) is 9.94 Å². The van der Waals surface area contributed by atoms with Gasteiger partial charge >= 0.3 is 7.12 Å². The average Bonchev–Trinajstić information content (AvgIpc) is 3.17. The minimum absolute atomic E-state index is 0.278. The Bertz CT molecular complexity index is 1520. The number of carbonyl (C=O) groups is 2. The zero-order valence-corrected chi connectivity index (χ0v) is 25.6. The van der Waals surface area contributed by atoms with Crippen molar-refractivity contribution in [1.82, 2.24) is 29.9 Å². The second kappa shape index (κ2) is 12.8. The molecule has 0 aliphatic carbocycles. The van der Waals surface area contributed by atoms with Crippen LogP contribution in [0.2, 0.25) is 0 Å². The molecular weight excluding hydrogens is 603 g/mol. The topological polar surface area (TPSA) is 154 Å². The van der Waals surface area contributed by atoms with Crippen molar-refractivity contribution in [2.45, 2.75) is 52.7 Å². The normalized spacial score (nSPS) is 14.9. The van der Waals surface area contributed by atoms with Crippen molar-refractivity contribution in [3.63, 3.8) is 0 Å². The van der Waals surface area contributed by atoms with Gasteiger partial charge in [0.1, 0.15) is 23.3 Å².